The molecule has 0 bridgehead atoms. The van der Waals surface area contributed by atoms with Crippen LogP contribution in [0, 0.1) is 0 Å². The molecular formula is C14H20O8. The highest BCUT2D eigenvalue weighted by molar-refractivity contribution is 5.74. The molecule has 8 nitrogen and oxygen atoms in total. The fourth-order valence-electron chi connectivity index (χ4n) is 1.75. The lowest BCUT2D eigenvalue weighted by Gasteiger charge is -2.16. The molecule has 1 aliphatic rings. The van der Waals surface area contributed by atoms with Gasteiger partial charge in [-0.05, 0) is 25.7 Å². The van der Waals surface area contributed by atoms with Crippen LogP contribution in [0.15, 0.2) is 0 Å². The van der Waals surface area contributed by atoms with Crippen LogP contribution in [0.3, 0.4) is 0 Å². The predicted molar refractivity (Wildman–Crippen MR) is 71.0 cm³/mol. The van der Waals surface area contributed by atoms with Gasteiger partial charge in [0.15, 0.2) is 0 Å². The van der Waals surface area contributed by atoms with Crippen molar-refractivity contribution >= 4 is 23.9 Å². The van der Waals surface area contributed by atoms with Gasteiger partial charge in [-0.25, -0.2) is 0 Å². The van der Waals surface area contributed by atoms with Gasteiger partial charge >= 0.3 is 30.4 Å². The quantitative estimate of drug-likeness (QED) is 0.532. The van der Waals surface area contributed by atoms with E-state index in [-0.39, 0.29) is 31.7 Å². The Morgan fingerprint density at radius 3 is 2.00 bits per heavy atom. The minimum Gasteiger partial charge on any atom is -0.469 e. The molecule has 1 rings (SSSR count). The Morgan fingerprint density at radius 1 is 1.00 bits per heavy atom. The molecule has 0 aromatic rings. The first-order valence-electron chi connectivity index (χ1n) is 7.16. The second kappa shape index (κ2) is 9.75. The topological polar surface area (TPSA) is 105 Å². The van der Waals surface area contributed by atoms with Crippen LogP contribution in [0.25, 0.3) is 0 Å². The molecule has 0 amide bonds. The zero-order valence-corrected chi connectivity index (χ0v) is 12.5. The Balaban J connectivity index is 2.34. The second-order valence-corrected chi connectivity index (χ2v) is 4.75. The third-order valence-electron chi connectivity index (χ3n) is 2.93. The summed E-state index contributed by atoms with van der Waals surface area (Å²) in [6.45, 7) is -1.63. The normalized spacial score (nSPS) is 16.6. The predicted octanol–water partition coefficient (Wildman–Crippen LogP) is 1.21. The van der Waals surface area contributed by atoms with Gasteiger partial charge in [0, 0.05) is 25.7 Å². The van der Waals surface area contributed by atoms with E-state index < -0.39 is 24.4 Å². The lowest BCUT2D eigenvalue weighted by atomic mass is 10.2. The molecule has 0 radical (unpaired) electrons. The molecule has 0 unspecified atom stereocenters. The molecule has 0 aromatic carbocycles. The number of unbranched alkanes of at least 4 members (excludes halogenated alkanes) is 1. The highest BCUT2D eigenvalue weighted by Gasteiger charge is 2.24. The van der Waals surface area contributed by atoms with Gasteiger partial charge in [0.25, 0.3) is 0 Å². The third kappa shape index (κ3) is 7.61. The van der Waals surface area contributed by atoms with Gasteiger partial charge in [-0.15, -0.1) is 0 Å². The highest BCUT2D eigenvalue weighted by Crippen LogP contribution is 2.12. The van der Waals surface area contributed by atoms with Crippen LogP contribution in [0.2, 0.25) is 0 Å². The van der Waals surface area contributed by atoms with E-state index >= 15 is 0 Å². The lowest BCUT2D eigenvalue weighted by molar-refractivity contribution is -0.257. The maximum absolute atomic E-state index is 11.6. The smallest absolute Gasteiger partial charge is 0.412 e. The standard InChI is InChI=1S/C14H20O8/c1-19-10(15)6-2-3-7-11(16)20-14-21-12(17)8-4-5-9-13(18)22-14/h14H,2-9H2,1H3. The van der Waals surface area contributed by atoms with Crippen molar-refractivity contribution in [3.05, 3.63) is 0 Å². The van der Waals surface area contributed by atoms with Gasteiger partial charge in [-0.1, -0.05) is 0 Å². The van der Waals surface area contributed by atoms with Crippen molar-refractivity contribution in [3.8, 4) is 0 Å². The van der Waals surface area contributed by atoms with Crippen LogP contribution in [0.4, 0.5) is 0 Å². The number of hydrogen-bond acceptors (Lipinski definition) is 8. The van der Waals surface area contributed by atoms with E-state index in [1.807, 2.05) is 0 Å². The van der Waals surface area contributed by atoms with Gasteiger partial charge in [0.2, 0.25) is 0 Å². The van der Waals surface area contributed by atoms with Crippen molar-refractivity contribution in [1.82, 2.24) is 0 Å². The van der Waals surface area contributed by atoms with Gasteiger partial charge in [-0.3, -0.25) is 19.2 Å². The van der Waals surface area contributed by atoms with Gasteiger partial charge < -0.3 is 18.9 Å². The minimum absolute atomic E-state index is 0.0165. The Kier molecular flexibility index (Phi) is 7.95. The third-order valence-corrected chi connectivity index (χ3v) is 2.93. The maximum Gasteiger partial charge on any atom is 0.412 e. The van der Waals surface area contributed by atoms with E-state index in [9.17, 15) is 19.2 Å². The van der Waals surface area contributed by atoms with E-state index in [0.29, 0.717) is 25.7 Å². The van der Waals surface area contributed by atoms with Crippen molar-refractivity contribution < 1.29 is 38.1 Å². The van der Waals surface area contributed by atoms with Crippen molar-refractivity contribution in [2.45, 2.75) is 57.8 Å². The first-order valence-corrected chi connectivity index (χ1v) is 7.16. The zero-order valence-electron chi connectivity index (χ0n) is 12.5. The molecule has 1 heterocycles. The van der Waals surface area contributed by atoms with E-state index in [1.54, 1.807) is 0 Å². The molecule has 0 aromatic heterocycles. The lowest BCUT2D eigenvalue weighted by Crippen LogP contribution is -2.29. The molecule has 8 heteroatoms. The molecule has 1 fully saturated rings. The van der Waals surface area contributed by atoms with Crippen molar-refractivity contribution in [2.75, 3.05) is 7.11 Å². The summed E-state index contributed by atoms with van der Waals surface area (Å²) in [7, 11) is 1.29. The number of hydrogen-bond donors (Lipinski definition) is 0. The molecule has 22 heavy (non-hydrogen) atoms. The monoisotopic (exact) mass is 316 g/mol. The molecule has 0 atom stereocenters. The molecule has 0 saturated carbocycles. The van der Waals surface area contributed by atoms with Crippen LogP contribution in [-0.2, 0) is 38.1 Å². The van der Waals surface area contributed by atoms with Gasteiger partial charge in [-0.2, -0.15) is 0 Å². The fourth-order valence-corrected chi connectivity index (χ4v) is 1.75. The average molecular weight is 316 g/mol. The maximum atomic E-state index is 11.6. The first kappa shape index (κ1) is 17.9. The summed E-state index contributed by atoms with van der Waals surface area (Å²) in [4.78, 5) is 45.3. The number of rotatable bonds is 6. The van der Waals surface area contributed by atoms with Crippen LogP contribution in [0.5, 0.6) is 0 Å². The summed E-state index contributed by atoms with van der Waals surface area (Å²) in [5, 5.41) is 0. The molecule has 1 aliphatic heterocycles. The molecule has 1 saturated heterocycles. The van der Waals surface area contributed by atoms with Crippen LogP contribution >= 0.6 is 0 Å². The second-order valence-electron chi connectivity index (χ2n) is 4.75. The van der Waals surface area contributed by atoms with Crippen molar-refractivity contribution in [1.29, 1.82) is 0 Å². The minimum atomic E-state index is -1.63. The highest BCUT2D eigenvalue weighted by atomic mass is 16.9. The first-order chi connectivity index (χ1) is 10.5. The van der Waals surface area contributed by atoms with Crippen LogP contribution in [-0.4, -0.2) is 37.5 Å². The Labute approximate surface area is 128 Å². The summed E-state index contributed by atoms with van der Waals surface area (Å²) in [6.07, 6.45) is 2.41. The fraction of sp³-hybridized carbons (Fsp3) is 0.714. The Morgan fingerprint density at radius 2 is 1.50 bits per heavy atom. The van der Waals surface area contributed by atoms with Gasteiger partial charge in [0.1, 0.15) is 0 Å². The number of ether oxygens (including phenoxy) is 4. The number of carbonyl (C=O) groups excluding carboxylic acids is 4. The van der Waals surface area contributed by atoms with E-state index in [4.69, 9.17) is 14.2 Å². The van der Waals surface area contributed by atoms with Crippen molar-refractivity contribution in [2.24, 2.45) is 0 Å². The largest absolute Gasteiger partial charge is 0.469 e. The SMILES string of the molecule is COC(=O)CCCCC(=O)OC1OC(=O)CCCCC(=O)O1. The number of methoxy groups -OCH3 is 1. The average Bonchev–Trinajstić information content (AvgIpc) is 2.54. The van der Waals surface area contributed by atoms with E-state index in [2.05, 4.69) is 4.74 Å². The summed E-state index contributed by atoms with van der Waals surface area (Å²) in [5.41, 5.74) is 0. The van der Waals surface area contributed by atoms with Crippen LogP contribution < -0.4 is 0 Å². The molecule has 0 aliphatic carbocycles. The Hall–Kier alpha value is -2.12. The summed E-state index contributed by atoms with van der Waals surface area (Å²) in [5.74, 6) is -2.20. The number of esters is 4. The number of cyclic esters (lactones) is 2. The summed E-state index contributed by atoms with van der Waals surface area (Å²) in [6, 6.07) is 0. The van der Waals surface area contributed by atoms with E-state index in [0.717, 1.165) is 0 Å². The molecule has 124 valence electrons. The molecule has 0 spiro atoms. The number of carbonyl (C=O) groups is 4. The molecular weight excluding hydrogens is 296 g/mol. The zero-order chi connectivity index (χ0) is 16.4. The summed E-state index contributed by atoms with van der Waals surface area (Å²) < 4.78 is 18.8. The van der Waals surface area contributed by atoms with Crippen molar-refractivity contribution in [3.63, 3.8) is 0 Å². The van der Waals surface area contributed by atoms with Crippen LogP contribution in [0.1, 0.15) is 51.4 Å². The molecule has 0 N–H and O–H groups in total. The Bertz CT molecular complexity index is 397. The summed E-state index contributed by atoms with van der Waals surface area (Å²) >= 11 is 0. The van der Waals surface area contributed by atoms with E-state index in [1.165, 1.54) is 7.11 Å². The van der Waals surface area contributed by atoms with Gasteiger partial charge in [0.05, 0.1) is 7.11 Å².